The third-order valence-corrected chi connectivity index (χ3v) is 3.10. The number of halogens is 1. The van der Waals surface area contributed by atoms with Gasteiger partial charge in [-0.2, -0.15) is 0 Å². The molecule has 17 heavy (non-hydrogen) atoms. The molecule has 0 fully saturated rings. The highest BCUT2D eigenvalue weighted by molar-refractivity contribution is 9.10. The number of benzene rings is 1. The highest BCUT2D eigenvalue weighted by Crippen LogP contribution is 2.27. The molecule has 88 valence electrons. The van der Waals surface area contributed by atoms with Crippen molar-refractivity contribution in [2.75, 3.05) is 5.32 Å². The molecule has 2 aromatic rings. The van der Waals surface area contributed by atoms with E-state index >= 15 is 0 Å². The van der Waals surface area contributed by atoms with Crippen LogP contribution in [0.25, 0.3) is 0 Å². The number of aryl methyl sites for hydroxylation is 1. The van der Waals surface area contributed by atoms with Crippen molar-refractivity contribution in [3.8, 4) is 0 Å². The second-order valence-electron chi connectivity index (χ2n) is 3.78. The van der Waals surface area contributed by atoms with Gasteiger partial charge in [-0.05, 0) is 46.6 Å². The molecule has 0 aliphatic rings. The summed E-state index contributed by atoms with van der Waals surface area (Å²) in [5.41, 5.74) is 2.90. The van der Waals surface area contributed by atoms with Crippen molar-refractivity contribution in [1.82, 2.24) is 4.98 Å². The predicted molar refractivity (Wildman–Crippen MR) is 72.3 cm³/mol. The van der Waals surface area contributed by atoms with Crippen LogP contribution in [0.15, 0.2) is 41.0 Å². The van der Waals surface area contributed by atoms with E-state index in [2.05, 4.69) is 26.2 Å². The summed E-state index contributed by atoms with van der Waals surface area (Å²) in [5.74, 6) is 0.680. The number of aliphatic hydroxyl groups excluding tert-OH is 1. The number of aromatic nitrogens is 1. The van der Waals surface area contributed by atoms with Crippen LogP contribution in [0.4, 0.5) is 11.5 Å². The zero-order valence-electron chi connectivity index (χ0n) is 9.44. The van der Waals surface area contributed by atoms with Crippen LogP contribution in [0.2, 0.25) is 0 Å². The lowest BCUT2D eigenvalue weighted by atomic mass is 10.2. The van der Waals surface area contributed by atoms with Crippen molar-refractivity contribution in [2.45, 2.75) is 13.5 Å². The molecule has 0 atom stereocenters. The topological polar surface area (TPSA) is 45.2 Å². The maximum Gasteiger partial charge on any atom is 0.135 e. The second kappa shape index (κ2) is 5.29. The van der Waals surface area contributed by atoms with Crippen molar-refractivity contribution in [3.63, 3.8) is 0 Å². The minimum atomic E-state index is -0.0281. The average Bonchev–Trinajstić information content (AvgIpc) is 2.33. The van der Waals surface area contributed by atoms with E-state index in [9.17, 15) is 5.11 Å². The van der Waals surface area contributed by atoms with Gasteiger partial charge < -0.3 is 10.4 Å². The van der Waals surface area contributed by atoms with E-state index in [1.54, 1.807) is 12.3 Å². The number of hydrogen-bond acceptors (Lipinski definition) is 3. The van der Waals surface area contributed by atoms with Crippen LogP contribution in [-0.2, 0) is 6.61 Å². The predicted octanol–water partition coefficient (Wildman–Crippen LogP) is 3.39. The lowest BCUT2D eigenvalue weighted by Crippen LogP contribution is -1.99. The van der Waals surface area contributed by atoms with E-state index in [1.807, 2.05) is 31.2 Å². The number of pyridine rings is 1. The van der Waals surface area contributed by atoms with Crippen LogP contribution in [0.3, 0.4) is 0 Å². The van der Waals surface area contributed by atoms with Crippen LogP contribution in [0, 0.1) is 6.92 Å². The molecule has 0 aliphatic carbocycles. The average molecular weight is 293 g/mol. The normalized spacial score (nSPS) is 10.3. The number of aliphatic hydroxyl groups is 1. The van der Waals surface area contributed by atoms with Gasteiger partial charge in [-0.1, -0.05) is 12.1 Å². The Morgan fingerprint density at radius 1 is 1.35 bits per heavy atom. The summed E-state index contributed by atoms with van der Waals surface area (Å²) >= 11 is 3.50. The van der Waals surface area contributed by atoms with Crippen LogP contribution in [0.5, 0.6) is 0 Å². The Morgan fingerprint density at radius 2 is 2.18 bits per heavy atom. The molecule has 3 nitrogen and oxygen atoms in total. The van der Waals surface area contributed by atoms with Gasteiger partial charge >= 0.3 is 0 Å². The Labute approximate surface area is 109 Å². The first kappa shape index (κ1) is 12.1. The number of hydrogen-bond donors (Lipinski definition) is 2. The molecule has 1 aromatic carbocycles. The molecule has 0 spiro atoms. The largest absolute Gasteiger partial charge is 0.392 e. The van der Waals surface area contributed by atoms with E-state index in [1.165, 1.54) is 5.56 Å². The van der Waals surface area contributed by atoms with E-state index in [-0.39, 0.29) is 6.61 Å². The van der Waals surface area contributed by atoms with E-state index in [0.717, 1.165) is 15.7 Å². The minimum Gasteiger partial charge on any atom is -0.392 e. The van der Waals surface area contributed by atoms with Crippen molar-refractivity contribution in [2.24, 2.45) is 0 Å². The maximum absolute atomic E-state index is 9.22. The Hall–Kier alpha value is -1.39. The van der Waals surface area contributed by atoms with Gasteiger partial charge in [-0.3, -0.25) is 0 Å². The monoisotopic (exact) mass is 292 g/mol. The van der Waals surface area contributed by atoms with Gasteiger partial charge in [0.2, 0.25) is 0 Å². The molecule has 0 amide bonds. The third-order valence-electron chi connectivity index (χ3n) is 2.44. The van der Waals surface area contributed by atoms with Gasteiger partial charge in [0.25, 0.3) is 0 Å². The van der Waals surface area contributed by atoms with Crippen molar-refractivity contribution in [1.29, 1.82) is 0 Å². The Kier molecular flexibility index (Phi) is 3.76. The second-order valence-corrected chi connectivity index (χ2v) is 4.63. The van der Waals surface area contributed by atoms with Gasteiger partial charge in [-0.15, -0.1) is 0 Å². The van der Waals surface area contributed by atoms with Crippen LogP contribution >= 0.6 is 15.9 Å². The van der Waals surface area contributed by atoms with Crippen LogP contribution in [-0.4, -0.2) is 10.1 Å². The molecule has 1 heterocycles. The summed E-state index contributed by atoms with van der Waals surface area (Å²) in [6.45, 7) is 2.01. The lowest BCUT2D eigenvalue weighted by molar-refractivity contribution is 0.282. The molecule has 0 aliphatic heterocycles. The molecule has 2 rings (SSSR count). The summed E-state index contributed by atoms with van der Waals surface area (Å²) in [4.78, 5) is 4.22. The maximum atomic E-state index is 9.22. The number of nitrogens with one attached hydrogen (secondary N) is 1. The molecule has 0 saturated carbocycles. The minimum absolute atomic E-state index is 0.0281. The van der Waals surface area contributed by atoms with E-state index < -0.39 is 0 Å². The SMILES string of the molecule is Cc1ccc(Nc2ncccc2CO)c(Br)c1. The van der Waals surface area contributed by atoms with Gasteiger partial charge in [0.15, 0.2) is 0 Å². The molecular weight excluding hydrogens is 280 g/mol. The first-order valence-electron chi connectivity index (χ1n) is 5.28. The molecule has 0 bridgehead atoms. The summed E-state index contributed by atoms with van der Waals surface area (Å²) in [6.07, 6.45) is 1.70. The molecule has 0 radical (unpaired) electrons. The first-order valence-corrected chi connectivity index (χ1v) is 6.08. The Bertz CT molecular complexity index is 529. The molecule has 2 N–H and O–H groups in total. The summed E-state index contributed by atoms with van der Waals surface area (Å²) in [7, 11) is 0. The van der Waals surface area contributed by atoms with E-state index in [0.29, 0.717) is 5.82 Å². The van der Waals surface area contributed by atoms with Crippen LogP contribution < -0.4 is 5.32 Å². The van der Waals surface area contributed by atoms with Crippen molar-refractivity contribution < 1.29 is 5.11 Å². The fourth-order valence-corrected chi connectivity index (χ4v) is 2.12. The summed E-state index contributed by atoms with van der Waals surface area (Å²) in [5, 5.41) is 12.4. The quantitative estimate of drug-likeness (QED) is 0.911. The van der Waals surface area contributed by atoms with Crippen LogP contribution in [0.1, 0.15) is 11.1 Å². The smallest absolute Gasteiger partial charge is 0.135 e. The number of rotatable bonds is 3. The zero-order chi connectivity index (χ0) is 12.3. The standard InChI is InChI=1S/C13H13BrN2O/c1-9-4-5-12(11(14)7-9)16-13-10(8-17)3-2-6-15-13/h2-7,17H,8H2,1H3,(H,15,16). The molecular formula is C13H13BrN2O. The molecule has 4 heteroatoms. The van der Waals surface area contributed by atoms with Gasteiger partial charge in [0, 0.05) is 16.2 Å². The first-order chi connectivity index (χ1) is 8.20. The van der Waals surface area contributed by atoms with E-state index in [4.69, 9.17) is 0 Å². The Morgan fingerprint density at radius 3 is 2.88 bits per heavy atom. The molecule has 1 aromatic heterocycles. The van der Waals surface area contributed by atoms with Gasteiger partial charge in [0.1, 0.15) is 5.82 Å². The number of nitrogens with zero attached hydrogens (tertiary/aromatic N) is 1. The summed E-state index contributed by atoms with van der Waals surface area (Å²) in [6, 6.07) is 9.69. The fraction of sp³-hybridized carbons (Fsp3) is 0.154. The zero-order valence-corrected chi connectivity index (χ0v) is 11.0. The highest BCUT2D eigenvalue weighted by Gasteiger charge is 2.05. The lowest BCUT2D eigenvalue weighted by Gasteiger charge is -2.11. The highest BCUT2D eigenvalue weighted by atomic mass is 79.9. The number of anilines is 2. The molecule has 0 unspecified atom stereocenters. The summed E-state index contributed by atoms with van der Waals surface area (Å²) < 4.78 is 0.979. The van der Waals surface area contributed by atoms with Crippen molar-refractivity contribution in [3.05, 3.63) is 52.1 Å². The molecule has 0 saturated heterocycles. The fourth-order valence-electron chi connectivity index (χ4n) is 1.53. The van der Waals surface area contributed by atoms with Gasteiger partial charge in [0.05, 0.1) is 12.3 Å². The van der Waals surface area contributed by atoms with Gasteiger partial charge in [-0.25, -0.2) is 4.98 Å². The third kappa shape index (κ3) is 2.84. The van der Waals surface area contributed by atoms with Crippen molar-refractivity contribution >= 4 is 27.4 Å². The Balaban J connectivity index is 2.31.